The lowest BCUT2D eigenvalue weighted by molar-refractivity contribution is 0.318. The van der Waals surface area contributed by atoms with E-state index in [-0.39, 0.29) is 18.0 Å². The van der Waals surface area contributed by atoms with Crippen LogP contribution in [0.3, 0.4) is 0 Å². The summed E-state index contributed by atoms with van der Waals surface area (Å²) in [5.41, 5.74) is 4.25. The van der Waals surface area contributed by atoms with Crippen LogP contribution in [0.1, 0.15) is 28.1 Å². The van der Waals surface area contributed by atoms with Gasteiger partial charge in [0.1, 0.15) is 17.3 Å². The highest BCUT2D eigenvalue weighted by atomic mass is 32.2. The monoisotopic (exact) mass is 337 g/mol. The van der Waals surface area contributed by atoms with E-state index in [1.807, 2.05) is 32.9 Å². The summed E-state index contributed by atoms with van der Waals surface area (Å²) >= 11 is 0. The summed E-state index contributed by atoms with van der Waals surface area (Å²) in [6, 6.07) is 4.05. The first-order chi connectivity index (χ1) is 10.7. The summed E-state index contributed by atoms with van der Waals surface area (Å²) in [6.45, 7) is 9.80. The Kier molecular flexibility index (Phi) is 5.11. The summed E-state index contributed by atoms with van der Waals surface area (Å²) in [5, 5.41) is 6.60. The van der Waals surface area contributed by atoms with Crippen LogP contribution in [0.25, 0.3) is 0 Å². The molecule has 2 rings (SSSR count). The average molecular weight is 337 g/mol. The first-order valence-electron chi connectivity index (χ1n) is 7.45. The van der Waals surface area contributed by atoms with Gasteiger partial charge in [0, 0.05) is 6.54 Å². The molecule has 6 nitrogen and oxygen atoms in total. The van der Waals surface area contributed by atoms with E-state index in [4.69, 9.17) is 4.74 Å². The largest absolute Gasteiger partial charge is 0.492 e. The second kappa shape index (κ2) is 6.72. The van der Waals surface area contributed by atoms with Crippen molar-refractivity contribution >= 4 is 10.0 Å². The smallest absolute Gasteiger partial charge is 0.244 e. The number of aromatic nitrogens is 2. The van der Waals surface area contributed by atoms with Gasteiger partial charge in [-0.2, -0.15) is 5.10 Å². The first-order valence-corrected chi connectivity index (χ1v) is 8.93. The highest BCUT2D eigenvalue weighted by molar-refractivity contribution is 7.89. The molecule has 0 atom stereocenters. The number of H-pyrrole nitrogens is 1. The van der Waals surface area contributed by atoms with Gasteiger partial charge in [0.15, 0.2) is 0 Å². The van der Waals surface area contributed by atoms with Crippen LogP contribution in [-0.2, 0) is 10.0 Å². The molecule has 0 spiro atoms. The molecule has 0 radical (unpaired) electrons. The zero-order valence-electron chi connectivity index (χ0n) is 14.1. The van der Waals surface area contributed by atoms with E-state index in [9.17, 15) is 8.42 Å². The standard InChI is InChI=1S/C16H23N3O3S/c1-10-6-7-11(2)15(12(10)3)22-9-8-17-23(20,21)16-13(4)18-19-14(16)5/h6-7,17H,8-9H2,1-5H3,(H,18,19). The molecule has 0 aliphatic heterocycles. The number of aromatic amines is 1. The van der Waals surface area contributed by atoms with E-state index in [1.54, 1.807) is 13.8 Å². The minimum atomic E-state index is -3.58. The quantitative estimate of drug-likeness (QED) is 0.792. The summed E-state index contributed by atoms with van der Waals surface area (Å²) in [6.07, 6.45) is 0. The number of benzene rings is 1. The van der Waals surface area contributed by atoms with Crippen molar-refractivity contribution in [1.29, 1.82) is 0 Å². The Morgan fingerprint density at radius 3 is 2.39 bits per heavy atom. The molecule has 2 N–H and O–H groups in total. The summed E-state index contributed by atoms with van der Waals surface area (Å²) in [5.74, 6) is 0.819. The molecular weight excluding hydrogens is 314 g/mol. The maximum atomic E-state index is 12.3. The predicted molar refractivity (Wildman–Crippen MR) is 89.4 cm³/mol. The number of ether oxygens (including phenoxy) is 1. The van der Waals surface area contributed by atoms with E-state index < -0.39 is 10.0 Å². The molecular formula is C16H23N3O3S. The molecule has 1 heterocycles. The molecule has 2 aromatic rings. The van der Waals surface area contributed by atoms with Crippen LogP contribution in [0, 0.1) is 34.6 Å². The fraction of sp³-hybridized carbons (Fsp3) is 0.438. The van der Waals surface area contributed by atoms with Crippen LogP contribution in [-0.4, -0.2) is 31.8 Å². The van der Waals surface area contributed by atoms with Crippen LogP contribution < -0.4 is 9.46 Å². The fourth-order valence-electron chi connectivity index (χ4n) is 2.49. The van der Waals surface area contributed by atoms with E-state index >= 15 is 0 Å². The topological polar surface area (TPSA) is 84.1 Å². The normalized spacial score (nSPS) is 11.7. The van der Waals surface area contributed by atoms with Crippen molar-refractivity contribution in [2.24, 2.45) is 0 Å². The first kappa shape index (κ1) is 17.5. The Morgan fingerprint density at radius 1 is 1.13 bits per heavy atom. The van der Waals surface area contributed by atoms with Crippen LogP contribution >= 0.6 is 0 Å². The molecule has 0 saturated heterocycles. The second-order valence-electron chi connectivity index (χ2n) is 5.66. The van der Waals surface area contributed by atoms with Gasteiger partial charge in [-0.25, -0.2) is 13.1 Å². The minimum absolute atomic E-state index is 0.194. The molecule has 1 aromatic heterocycles. The van der Waals surface area contributed by atoms with Crippen molar-refractivity contribution in [1.82, 2.24) is 14.9 Å². The van der Waals surface area contributed by atoms with E-state index in [0.717, 1.165) is 22.4 Å². The van der Waals surface area contributed by atoms with Crippen molar-refractivity contribution in [3.63, 3.8) is 0 Å². The molecule has 7 heteroatoms. The minimum Gasteiger partial charge on any atom is -0.492 e. The van der Waals surface area contributed by atoms with E-state index in [2.05, 4.69) is 14.9 Å². The fourth-order valence-corrected chi connectivity index (χ4v) is 3.87. The van der Waals surface area contributed by atoms with E-state index in [0.29, 0.717) is 11.4 Å². The average Bonchev–Trinajstić information content (AvgIpc) is 2.82. The van der Waals surface area contributed by atoms with Crippen LogP contribution in [0.2, 0.25) is 0 Å². The lowest BCUT2D eigenvalue weighted by Gasteiger charge is -2.14. The van der Waals surface area contributed by atoms with Gasteiger partial charge in [0.05, 0.1) is 11.4 Å². The van der Waals surface area contributed by atoms with Gasteiger partial charge >= 0.3 is 0 Å². The van der Waals surface area contributed by atoms with Gasteiger partial charge in [0.2, 0.25) is 10.0 Å². The molecule has 0 saturated carbocycles. The van der Waals surface area contributed by atoms with Gasteiger partial charge in [-0.05, 0) is 51.3 Å². The van der Waals surface area contributed by atoms with Crippen molar-refractivity contribution < 1.29 is 13.2 Å². The number of rotatable bonds is 6. The highest BCUT2D eigenvalue weighted by Gasteiger charge is 2.21. The van der Waals surface area contributed by atoms with Gasteiger partial charge < -0.3 is 4.74 Å². The van der Waals surface area contributed by atoms with Crippen molar-refractivity contribution in [2.75, 3.05) is 13.2 Å². The van der Waals surface area contributed by atoms with E-state index in [1.165, 1.54) is 0 Å². The number of aryl methyl sites for hydroxylation is 4. The SMILES string of the molecule is Cc1ccc(C)c(OCCNS(=O)(=O)c2c(C)n[nH]c2C)c1C. The molecule has 23 heavy (non-hydrogen) atoms. The third-order valence-electron chi connectivity index (χ3n) is 3.84. The van der Waals surface area contributed by atoms with Crippen molar-refractivity contribution in [2.45, 2.75) is 39.5 Å². The molecule has 0 aliphatic rings. The van der Waals surface area contributed by atoms with Crippen LogP contribution in [0.4, 0.5) is 0 Å². The number of sulfonamides is 1. The Morgan fingerprint density at radius 2 is 1.78 bits per heavy atom. The zero-order valence-corrected chi connectivity index (χ0v) is 15.0. The molecule has 0 unspecified atom stereocenters. The van der Waals surface area contributed by atoms with Crippen molar-refractivity contribution in [3.05, 3.63) is 40.2 Å². The molecule has 0 bridgehead atoms. The second-order valence-corrected chi connectivity index (χ2v) is 7.37. The Hall–Kier alpha value is -1.86. The number of nitrogens with one attached hydrogen (secondary N) is 2. The molecule has 0 aliphatic carbocycles. The Balaban J connectivity index is 2.00. The number of hydrogen-bond acceptors (Lipinski definition) is 4. The Bertz CT molecular complexity index is 791. The highest BCUT2D eigenvalue weighted by Crippen LogP contribution is 2.25. The third kappa shape index (κ3) is 3.73. The molecule has 0 amide bonds. The van der Waals surface area contributed by atoms with Gasteiger partial charge in [-0.3, -0.25) is 5.10 Å². The summed E-state index contributed by atoms with van der Waals surface area (Å²) in [7, 11) is -3.58. The maximum Gasteiger partial charge on any atom is 0.244 e. The predicted octanol–water partition coefficient (Wildman–Crippen LogP) is 2.31. The third-order valence-corrected chi connectivity index (χ3v) is 5.57. The molecule has 0 fully saturated rings. The maximum absolute atomic E-state index is 12.3. The van der Waals surface area contributed by atoms with Gasteiger partial charge in [-0.1, -0.05) is 12.1 Å². The van der Waals surface area contributed by atoms with Crippen LogP contribution in [0.5, 0.6) is 5.75 Å². The lowest BCUT2D eigenvalue weighted by Crippen LogP contribution is -2.29. The van der Waals surface area contributed by atoms with Crippen molar-refractivity contribution in [3.8, 4) is 5.75 Å². The molecule has 1 aromatic carbocycles. The number of nitrogens with zero attached hydrogens (tertiary/aromatic N) is 1. The molecule has 126 valence electrons. The summed E-state index contributed by atoms with van der Waals surface area (Å²) in [4.78, 5) is 0.209. The number of hydrogen-bond donors (Lipinski definition) is 2. The Labute approximate surface area is 137 Å². The van der Waals surface area contributed by atoms with Crippen LogP contribution in [0.15, 0.2) is 17.0 Å². The van der Waals surface area contributed by atoms with Gasteiger partial charge in [-0.15, -0.1) is 0 Å². The zero-order chi connectivity index (χ0) is 17.2. The summed E-state index contributed by atoms with van der Waals surface area (Å²) < 4.78 is 32.9. The van der Waals surface area contributed by atoms with Gasteiger partial charge in [0.25, 0.3) is 0 Å². The lowest BCUT2D eigenvalue weighted by atomic mass is 10.1.